The molecule has 0 aliphatic carbocycles. The molecule has 3 heteroatoms. The lowest BCUT2D eigenvalue weighted by atomic mass is 10.1. The van der Waals surface area contributed by atoms with Gasteiger partial charge in [0.05, 0.1) is 5.25 Å². The molecule has 1 N–H and O–H groups in total. The average molecular weight is 285 g/mol. The van der Waals surface area contributed by atoms with Gasteiger partial charge in [-0.05, 0) is 37.1 Å². The molecular formula is C17H19NOS. The maximum absolute atomic E-state index is 12.3. The molecule has 20 heavy (non-hydrogen) atoms. The number of thioether (sulfide) groups is 1. The number of hydrogen-bond donors (Lipinski definition) is 1. The number of para-hydroxylation sites is 1. The highest BCUT2D eigenvalue weighted by atomic mass is 32.2. The Hall–Kier alpha value is -1.74. The van der Waals surface area contributed by atoms with E-state index in [1.165, 1.54) is 0 Å². The van der Waals surface area contributed by atoms with Crippen LogP contribution in [0.4, 0.5) is 5.69 Å². The van der Waals surface area contributed by atoms with Gasteiger partial charge < -0.3 is 5.32 Å². The standard InChI is InChI=1S/C17H19NOS/c1-3-14-9-7-8-12-16(14)18-17(19)13(2)20-15-10-5-4-6-11-15/h4-13H,3H2,1-2H3,(H,18,19)/t13-/m1/s1. The van der Waals surface area contributed by atoms with Crippen molar-refractivity contribution in [1.29, 1.82) is 0 Å². The summed E-state index contributed by atoms with van der Waals surface area (Å²) in [5, 5.41) is 2.90. The van der Waals surface area contributed by atoms with Gasteiger partial charge in [-0.1, -0.05) is 43.3 Å². The zero-order chi connectivity index (χ0) is 14.4. The highest BCUT2D eigenvalue weighted by molar-refractivity contribution is 8.00. The van der Waals surface area contributed by atoms with E-state index in [0.717, 1.165) is 22.6 Å². The lowest BCUT2D eigenvalue weighted by Crippen LogP contribution is -2.22. The quantitative estimate of drug-likeness (QED) is 0.827. The van der Waals surface area contributed by atoms with Gasteiger partial charge in [0.1, 0.15) is 0 Å². The van der Waals surface area contributed by atoms with E-state index in [1.54, 1.807) is 11.8 Å². The Balaban J connectivity index is 2.01. The molecule has 1 atom stereocenters. The molecule has 0 unspecified atom stereocenters. The van der Waals surface area contributed by atoms with Crippen molar-refractivity contribution in [3.63, 3.8) is 0 Å². The Morgan fingerprint density at radius 1 is 1.10 bits per heavy atom. The molecule has 0 radical (unpaired) electrons. The minimum atomic E-state index is -0.123. The van der Waals surface area contributed by atoms with E-state index in [-0.39, 0.29) is 11.2 Å². The summed E-state index contributed by atoms with van der Waals surface area (Å²) in [5.74, 6) is 0.0414. The van der Waals surface area contributed by atoms with Crippen LogP contribution >= 0.6 is 11.8 Å². The molecule has 2 aromatic rings. The van der Waals surface area contributed by atoms with Gasteiger partial charge in [0.2, 0.25) is 5.91 Å². The van der Waals surface area contributed by atoms with Crippen molar-refractivity contribution < 1.29 is 4.79 Å². The molecule has 0 spiro atoms. The monoisotopic (exact) mass is 285 g/mol. The van der Waals surface area contributed by atoms with Crippen LogP contribution in [0.25, 0.3) is 0 Å². The second kappa shape index (κ2) is 7.15. The molecule has 1 amide bonds. The van der Waals surface area contributed by atoms with E-state index in [2.05, 4.69) is 12.2 Å². The van der Waals surface area contributed by atoms with E-state index in [0.29, 0.717) is 0 Å². The van der Waals surface area contributed by atoms with E-state index in [9.17, 15) is 4.79 Å². The van der Waals surface area contributed by atoms with Crippen LogP contribution in [-0.2, 0) is 11.2 Å². The highest BCUT2D eigenvalue weighted by Gasteiger charge is 2.15. The van der Waals surface area contributed by atoms with Crippen molar-refractivity contribution in [3.8, 4) is 0 Å². The summed E-state index contributed by atoms with van der Waals surface area (Å²) in [7, 11) is 0. The van der Waals surface area contributed by atoms with Crippen molar-refractivity contribution in [3.05, 3.63) is 60.2 Å². The number of nitrogens with one attached hydrogen (secondary N) is 1. The van der Waals surface area contributed by atoms with Crippen LogP contribution in [0.3, 0.4) is 0 Å². The van der Waals surface area contributed by atoms with Gasteiger partial charge in [-0.15, -0.1) is 11.8 Å². The number of rotatable bonds is 5. The van der Waals surface area contributed by atoms with Crippen molar-refractivity contribution in [2.45, 2.75) is 30.4 Å². The molecule has 0 aliphatic heterocycles. The Bertz CT molecular complexity index is 568. The van der Waals surface area contributed by atoms with Crippen molar-refractivity contribution in [1.82, 2.24) is 0 Å². The normalized spacial score (nSPS) is 11.9. The van der Waals surface area contributed by atoms with Crippen LogP contribution in [0.5, 0.6) is 0 Å². The van der Waals surface area contributed by atoms with Gasteiger partial charge in [-0.3, -0.25) is 4.79 Å². The molecule has 104 valence electrons. The molecule has 2 nitrogen and oxygen atoms in total. The molecule has 0 aromatic heterocycles. The summed E-state index contributed by atoms with van der Waals surface area (Å²) in [4.78, 5) is 13.4. The Kier molecular flexibility index (Phi) is 5.24. The Morgan fingerprint density at radius 2 is 1.75 bits per heavy atom. The summed E-state index contributed by atoms with van der Waals surface area (Å²) in [6.07, 6.45) is 0.913. The predicted octanol–water partition coefficient (Wildman–Crippen LogP) is 4.37. The van der Waals surface area contributed by atoms with Gasteiger partial charge in [-0.25, -0.2) is 0 Å². The van der Waals surface area contributed by atoms with E-state index >= 15 is 0 Å². The number of aryl methyl sites for hydroxylation is 1. The molecular weight excluding hydrogens is 266 g/mol. The first-order valence-corrected chi connectivity index (χ1v) is 7.69. The van der Waals surface area contributed by atoms with Crippen LogP contribution in [0.1, 0.15) is 19.4 Å². The molecule has 2 rings (SSSR count). The first-order valence-electron chi connectivity index (χ1n) is 6.81. The van der Waals surface area contributed by atoms with Crippen LogP contribution in [0, 0.1) is 0 Å². The smallest absolute Gasteiger partial charge is 0.237 e. The Morgan fingerprint density at radius 3 is 2.45 bits per heavy atom. The average Bonchev–Trinajstić information content (AvgIpc) is 2.48. The summed E-state index contributed by atoms with van der Waals surface area (Å²) >= 11 is 1.57. The third-order valence-electron chi connectivity index (χ3n) is 3.08. The van der Waals surface area contributed by atoms with Gasteiger partial charge in [0.15, 0.2) is 0 Å². The Labute approximate surface area is 124 Å². The summed E-state index contributed by atoms with van der Waals surface area (Å²) in [6.45, 7) is 4.02. The maximum Gasteiger partial charge on any atom is 0.237 e. The number of amides is 1. The van der Waals surface area contributed by atoms with Gasteiger partial charge >= 0.3 is 0 Å². The summed E-state index contributed by atoms with van der Waals surface area (Å²) in [6, 6.07) is 17.9. The van der Waals surface area contributed by atoms with Crippen LogP contribution in [0.15, 0.2) is 59.5 Å². The van der Waals surface area contributed by atoms with Crippen molar-refractivity contribution in [2.24, 2.45) is 0 Å². The molecule has 0 saturated heterocycles. The van der Waals surface area contributed by atoms with Crippen LogP contribution in [-0.4, -0.2) is 11.2 Å². The fraction of sp³-hybridized carbons (Fsp3) is 0.235. The van der Waals surface area contributed by atoms with Gasteiger partial charge in [-0.2, -0.15) is 0 Å². The highest BCUT2D eigenvalue weighted by Crippen LogP contribution is 2.24. The maximum atomic E-state index is 12.3. The molecule has 0 aliphatic rings. The number of anilines is 1. The third kappa shape index (κ3) is 3.87. The number of hydrogen-bond acceptors (Lipinski definition) is 2. The molecule has 0 saturated carbocycles. The third-order valence-corrected chi connectivity index (χ3v) is 4.19. The second-order valence-electron chi connectivity index (χ2n) is 4.57. The molecule has 0 heterocycles. The van der Waals surface area contributed by atoms with Crippen LogP contribution in [0.2, 0.25) is 0 Å². The van der Waals surface area contributed by atoms with E-state index in [1.807, 2.05) is 61.5 Å². The zero-order valence-electron chi connectivity index (χ0n) is 11.8. The predicted molar refractivity (Wildman–Crippen MR) is 86.2 cm³/mol. The zero-order valence-corrected chi connectivity index (χ0v) is 12.6. The lowest BCUT2D eigenvalue weighted by molar-refractivity contribution is -0.115. The summed E-state index contributed by atoms with van der Waals surface area (Å²) < 4.78 is 0. The van der Waals surface area contributed by atoms with Gasteiger partial charge in [0, 0.05) is 10.6 Å². The fourth-order valence-corrected chi connectivity index (χ4v) is 2.83. The van der Waals surface area contributed by atoms with E-state index < -0.39 is 0 Å². The SMILES string of the molecule is CCc1ccccc1NC(=O)[C@@H](C)Sc1ccccc1. The first kappa shape index (κ1) is 14.7. The summed E-state index contributed by atoms with van der Waals surface area (Å²) in [5.41, 5.74) is 2.08. The second-order valence-corrected chi connectivity index (χ2v) is 5.99. The molecule has 0 bridgehead atoms. The minimum absolute atomic E-state index is 0.0414. The minimum Gasteiger partial charge on any atom is -0.325 e. The fourth-order valence-electron chi connectivity index (χ4n) is 1.94. The van der Waals surface area contributed by atoms with Crippen molar-refractivity contribution in [2.75, 3.05) is 5.32 Å². The number of carbonyl (C=O) groups excluding carboxylic acids is 1. The number of benzene rings is 2. The molecule has 2 aromatic carbocycles. The number of carbonyl (C=O) groups is 1. The largest absolute Gasteiger partial charge is 0.325 e. The first-order chi connectivity index (χ1) is 9.70. The van der Waals surface area contributed by atoms with Crippen molar-refractivity contribution >= 4 is 23.4 Å². The lowest BCUT2D eigenvalue weighted by Gasteiger charge is -2.14. The molecule has 0 fully saturated rings. The van der Waals surface area contributed by atoms with Gasteiger partial charge in [0.25, 0.3) is 0 Å². The van der Waals surface area contributed by atoms with Crippen LogP contribution < -0.4 is 5.32 Å². The van der Waals surface area contributed by atoms with E-state index in [4.69, 9.17) is 0 Å². The topological polar surface area (TPSA) is 29.1 Å².